The highest BCUT2D eigenvalue weighted by molar-refractivity contribution is 9.11. The molecule has 4 nitrogen and oxygen atoms in total. The monoisotopic (exact) mass is 436 g/mol. The summed E-state index contributed by atoms with van der Waals surface area (Å²) < 4.78 is 2.64. The van der Waals surface area contributed by atoms with Crippen LogP contribution >= 0.6 is 39.0 Å². The minimum Gasteiger partial charge on any atom is -0.292 e. The molecule has 0 saturated carbocycles. The summed E-state index contributed by atoms with van der Waals surface area (Å²) in [5.74, 6) is 0.299. The topological polar surface area (TPSA) is 52.0 Å². The fourth-order valence-electron chi connectivity index (χ4n) is 2.46. The maximum atomic E-state index is 12.9. The molecule has 0 aliphatic heterocycles. The van der Waals surface area contributed by atoms with E-state index in [0.29, 0.717) is 20.9 Å². The molecular weight excluding hydrogens is 420 g/mol. The van der Waals surface area contributed by atoms with E-state index >= 15 is 0 Å². The Balaban J connectivity index is 1.96. The predicted molar refractivity (Wildman–Crippen MR) is 108 cm³/mol. The van der Waals surface area contributed by atoms with Gasteiger partial charge >= 0.3 is 0 Å². The van der Waals surface area contributed by atoms with Gasteiger partial charge in [0.1, 0.15) is 0 Å². The summed E-state index contributed by atoms with van der Waals surface area (Å²) in [7, 11) is 0. The van der Waals surface area contributed by atoms with Crippen molar-refractivity contribution in [2.45, 2.75) is 31.5 Å². The number of benzene rings is 1. The highest BCUT2D eigenvalue weighted by Gasteiger charge is 2.17. The molecule has 0 spiro atoms. The van der Waals surface area contributed by atoms with Gasteiger partial charge in [-0.15, -0.1) is 11.3 Å². The lowest BCUT2D eigenvalue weighted by Crippen LogP contribution is -2.26. The molecule has 2 heterocycles. The van der Waals surface area contributed by atoms with Crippen molar-refractivity contribution in [3.8, 4) is 0 Å². The van der Waals surface area contributed by atoms with Crippen LogP contribution in [0.5, 0.6) is 0 Å². The third-order valence-corrected chi connectivity index (χ3v) is 6.60. The van der Waals surface area contributed by atoms with Crippen LogP contribution in [0.4, 0.5) is 0 Å². The van der Waals surface area contributed by atoms with Gasteiger partial charge in [-0.2, -0.15) is 0 Å². The van der Waals surface area contributed by atoms with E-state index in [2.05, 4.69) is 20.9 Å². The number of hydrogen-bond donors (Lipinski definition) is 0. The van der Waals surface area contributed by atoms with Crippen LogP contribution in [0.3, 0.4) is 0 Å². The zero-order chi connectivity index (χ0) is 18.0. The van der Waals surface area contributed by atoms with Crippen molar-refractivity contribution in [2.75, 3.05) is 5.75 Å². The van der Waals surface area contributed by atoms with E-state index < -0.39 is 0 Å². The van der Waals surface area contributed by atoms with E-state index in [9.17, 15) is 9.59 Å². The van der Waals surface area contributed by atoms with Crippen molar-refractivity contribution in [2.24, 2.45) is 0 Å². The summed E-state index contributed by atoms with van der Waals surface area (Å²) in [6, 6.07) is 11.0. The Hall–Kier alpha value is -1.44. The van der Waals surface area contributed by atoms with E-state index in [1.807, 2.05) is 44.2 Å². The maximum Gasteiger partial charge on any atom is 0.262 e. The van der Waals surface area contributed by atoms with Gasteiger partial charge in [-0.1, -0.05) is 30.8 Å². The molecule has 0 aliphatic carbocycles. The van der Waals surface area contributed by atoms with Crippen molar-refractivity contribution in [3.05, 3.63) is 55.4 Å². The molecule has 0 radical (unpaired) electrons. The summed E-state index contributed by atoms with van der Waals surface area (Å²) >= 11 is 6.12. The molecule has 3 aromatic rings. The third-order valence-electron chi connectivity index (χ3n) is 3.99. The molecule has 1 aromatic carbocycles. The number of aromatic nitrogens is 2. The quantitative estimate of drug-likeness (QED) is 0.304. The molecule has 25 heavy (non-hydrogen) atoms. The van der Waals surface area contributed by atoms with Crippen LogP contribution in [-0.2, 0) is 0 Å². The van der Waals surface area contributed by atoms with Gasteiger partial charge in [-0.05, 0) is 53.5 Å². The van der Waals surface area contributed by atoms with Crippen LogP contribution in [-0.4, -0.2) is 21.1 Å². The summed E-state index contributed by atoms with van der Waals surface area (Å²) in [5.41, 5.74) is 0.620. The van der Waals surface area contributed by atoms with Crippen LogP contribution in [0.1, 0.15) is 36.0 Å². The number of thiophene rings is 1. The number of para-hydroxylation sites is 1. The number of ketones is 1. The number of carbonyl (C=O) groups excluding carboxylic acids is 1. The lowest BCUT2D eigenvalue weighted by atomic mass is 10.2. The first kappa shape index (κ1) is 18.4. The molecule has 0 saturated heterocycles. The van der Waals surface area contributed by atoms with Gasteiger partial charge in [-0.25, -0.2) is 4.98 Å². The Bertz CT molecular complexity index is 981. The molecule has 0 aliphatic rings. The van der Waals surface area contributed by atoms with Gasteiger partial charge in [0.15, 0.2) is 10.9 Å². The fourth-order valence-corrected chi connectivity index (χ4v) is 4.86. The van der Waals surface area contributed by atoms with E-state index in [-0.39, 0.29) is 23.1 Å². The van der Waals surface area contributed by atoms with E-state index in [1.54, 1.807) is 10.6 Å². The Morgan fingerprint density at radius 2 is 2.08 bits per heavy atom. The molecule has 0 bridgehead atoms. The molecule has 3 rings (SSSR count). The SMILES string of the molecule is CC[C@@H](C)n1c(SCC(=O)c2ccc(Br)s2)nc2ccccc2c1=O. The van der Waals surface area contributed by atoms with Gasteiger partial charge < -0.3 is 0 Å². The van der Waals surface area contributed by atoms with E-state index in [1.165, 1.54) is 23.1 Å². The number of halogens is 1. The largest absolute Gasteiger partial charge is 0.292 e. The Morgan fingerprint density at radius 3 is 2.76 bits per heavy atom. The average Bonchev–Trinajstić information content (AvgIpc) is 3.05. The molecular formula is C18H17BrN2O2S2. The number of hydrogen-bond acceptors (Lipinski definition) is 5. The standard InChI is InChI=1S/C18H17BrN2O2S2/c1-3-11(2)21-17(23)12-6-4-5-7-13(12)20-18(21)24-10-14(22)15-8-9-16(19)25-15/h4-9,11H,3,10H2,1-2H3/t11-/m1/s1. The summed E-state index contributed by atoms with van der Waals surface area (Å²) in [5, 5.41) is 1.21. The zero-order valence-corrected chi connectivity index (χ0v) is 17.1. The number of Topliss-reactive ketones (excluding diaryl/α,β-unsaturated/α-hetero) is 1. The Kier molecular flexibility index (Phi) is 5.76. The lowest BCUT2D eigenvalue weighted by molar-refractivity contribution is 0.102. The van der Waals surface area contributed by atoms with Gasteiger partial charge in [0, 0.05) is 6.04 Å². The maximum absolute atomic E-state index is 12.9. The van der Waals surface area contributed by atoms with Crippen molar-refractivity contribution in [1.29, 1.82) is 0 Å². The normalized spacial score (nSPS) is 12.4. The second kappa shape index (κ2) is 7.85. The van der Waals surface area contributed by atoms with Gasteiger partial charge in [0.05, 0.1) is 25.3 Å². The van der Waals surface area contributed by atoms with Crippen molar-refractivity contribution >= 4 is 55.7 Å². The van der Waals surface area contributed by atoms with Crippen LogP contribution < -0.4 is 5.56 Å². The fraction of sp³-hybridized carbons (Fsp3) is 0.278. The minimum absolute atomic E-state index is 0.0260. The lowest BCUT2D eigenvalue weighted by Gasteiger charge is -2.18. The van der Waals surface area contributed by atoms with Crippen molar-refractivity contribution in [3.63, 3.8) is 0 Å². The second-order valence-electron chi connectivity index (χ2n) is 5.66. The first-order chi connectivity index (χ1) is 12.0. The molecule has 7 heteroatoms. The summed E-state index contributed by atoms with van der Waals surface area (Å²) in [4.78, 5) is 30.6. The Labute approximate surface area is 162 Å². The number of fused-ring (bicyclic) bond motifs is 1. The van der Waals surface area contributed by atoms with E-state index in [0.717, 1.165) is 10.2 Å². The molecule has 0 N–H and O–H groups in total. The van der Waals surface area contributed by atoms with Crippen LogP contribution in [0.15, 0.2) is 50.1 Å². The number of nitrogens with zero attached hydrogens (tertiary/aromatic N) is 2. The van der Waals surface area contributed by atoms with Crippen LogP contribution in [0.2, 0.25) is 0 Å². The van der Waals surface area contributed by atoms with Crippen molar-refractivity contribution in [1.82, 2.24) is 9.55 Å². The number of carbonyl (C=O) groups is 1. The summed E-state index contributed by atoms with van der Waals surface area (Å²) in [6.07, 6.45) is 0.819. The molecule has 2 aromatic heterocycles. The van der Waals surface area contributed by atoms with Gasteiger partial charge in [0.2, 0.25) is 0 Å². The Morgan fingerprint density at radius 1 is 1.32 bits per heavy atom. The molecule has 130 valence electrons. The third kappa shape index (κ3) is 3.88. The highest BCUT2D eigenvalue weighted by Crippen LogP contribution is 2.26. The smallest absolute Gasteiger partial charge is 0.262 e. The first-order valence-corrected chi connectivity index (χ1v) is 10.5. The molecule has 0 fully saturated rings. The zero-order valence-electron chi connectivity index (χ0n) is 13.9. The number of rotatable bonds is 6. The predicted octanol–water partition coefficient (Wildman–Crippen LogP) is 5.17. The minimum atomic E-state index is -0.0474. The average molecular weight is 437 g/mol. The van der Waals surface area contributed by atoms with E-state index in [4.69, 9.17) is 0 Å². The second-order valence-corrected chi connectivity index (χ2v) is 9.07. The number of thioether (sulfide) groups is 1. The van der Waals surface area contributed by atoms with Crippen LogP contribution in [0.25, 0.3) is 10.9 Å². The van der Waals surface area contributed by atoms with Crippen molar-refractivity contribution < 1.29 is 4.79 Å². The van der Waals surface area contributed by atoms with Gasteiger partial charge in [-0.3, -0.25) is 14.2 Å². The molecule has 0 unspecified atom stereocenters. The molecule has 0 amide bonds. The molecule has 1 atom stereocenters. The van der Waals surface area contributed by atoms with Gasteiger partial charge in [0.25, 0.3) is 5.56 Å². The first-order valence-electron chi connectivity index (χ1n) is 7.94. The highest BCUT2D eigenvalue weighted by atomic mass is 79.9. The van der Waals surface area contributed by atoms with Crippen LogP contribution in [0, 0.1) is 0 Å². The summed E-state index contributed by atoms with van der Waals surface area (Å²) in [6.45, 7) is 4.04.